The van der Waals surface area contributed by atoms with Gasteiger partial charge in [-0.1, -0.05) is 121 Å². The van der Waals surface area contributed by atoms with Gasteiger partial charge in [-0.25, -0.2) is 28.8 Å². The van der Waals surface area contributed by atoms with E-state index in [9.17, 15) is 47.9 Å². The number of amides is 8. The summed E-state index contributed by atoms with van der Waals surface area (Å²) in [6, 6.07) is 16.8. The Hall–Kier alpha value is -6.49. The first kappa shape index (κ1) is 96.3. The number of benzene rings is 2. The van der Waals surface area contributed by atoms with Crippen molar-refractivity contribution in [3.05, 3.63) is 70.8 Å². The van der Waals surface area contributed by atoms with Crippen molar-refractivity contribution < 1.29 is 72.0 Å². The van der Waals surface area contributed by atoms with E-state index >= 15 is 0 Å². The number of Topliss-reactive ketones (excluding diaryl/α,β-unsaturated/α-hetero) is 1. The molecule has 0 spiro atoms. The minimum absolute atomic E-state index is 0.0400. The molecule has 114 heavy (non-hydrogen) atoms. The standard InChI is InChI=1S/C43H68N6O6S2.C33H56N2O6.C10H16N2O3S/c1-55-41(52)32-23-21-31(22-24-32)28-49(26-14-6-2-4-8-16-33(50)17-9-10-18-36-39-34(29-56-36)45-42(53)47-39)27-15-7-3-5-13-25-44-38(51)20-12-11-19-37-40-35(30-57-37)46-43(54)48-40;1-32(2,3)40-29(36)18-14-10-8-12-16-24-35(26-27-19-21-28(22-20-27)30(37)39-7)25-17-13-9-11-15-23-34-31(38)41-33(4,5)6;13-8(14)4-2-1-3-7-9-6(5-16-7)11-10(15)12-9/h21-24,34-37,39-40H,2-20,25-30H2,1H3,(H,44,51)(H2,45,47,53)(H2,46,48,54);19-22H,8-18,23-26H2,1-7H3,(H,34,38);6-7,9H,1-5H2,(H,13,14)(H2,11,12,15). The molecule has 9 unspecified atom stereocenters. The topological polar surface area (TPSA) is 331 Å². The maximum Gasteiger partial charge on any atom is 0.407 e. The zero-order chi connectivity index (χ0) is 82.5. The van der Waals surface area contributed by atoms with E-state index < -0.39 is 17.2 Å². The summed E-state index contributed by atoms with van der Waals surface area (Å²) in [7, 11) is 2.80. The quantitative estimate of drug-likeness (QED) is 0.0129. The second kappa shape index (κ2) is 53.8. The first-order valence-corrected chi connectivity index (χ1v) is 45.9. The fourth-order valence-electron chi connectivity index (χ4n) is 15.3. The molecule has 2 aromatic rings. The van der Waals surface area contributed by atoms with Gasteiger partial charge in [0.05, 0.1) is 61.6 Å². The average molecular weight is 1650 g/mol. The van der Waals surface area contributed by atoms with Crippen LogP contribution >= 0.6 is 35.3 Å². The van der Waals surface area contributed by atoms with Gasteiger partial charge in [-0.15, -0.1) is 0 Å². The molecule has 6 fully saturated rings. The zero-order valence-corrected chi connectivity index (χ0v) is 72.4. The van der Waals surface area contributed by atoms with Crippen LogP contribution in [0.1, 0.15) is 292 Å². The predicted octanol–water partition coefficient (Wildman–Crippen LogP) is 14.9. The van der Waals surface area contributed by atoms with Gasteiger partial charge in [-0.05, 0) is 193 Å². The molecule has 9 N–H and O–H groups in total. The number of unbranched alkanes of at least 4 members (excludes halogenated alkanes) is 19. The summed E-state index contributed by atoms with van der Waals surface area (Å²) in [5, 5.41) is 33.7. The van der Waals surface area contributed by atoms with Crippen molar-refractivity contribution in [1.82, 2.24) is 52.3 Å². The van der Waals surface area contributed by atoms with Gasteiger partial charge in [0.2, 0.25) is 5.91 Å². The number of fused-ring (bicyclic) bond motifs is 3. The first-order chi connectivity index (χ1) is 54.7. The van der Waals surface area contributed by atoms with Crippen molar-refractivity contribution >= 4 is 95.0 Å². The highest BCUT2D eigenvalue weighted by Crippen LogP contribution is 2.36. The van der Waals surface area contributed by atoms with E-state index in [1.54, 1.807) is 0 Å². The second-order valence-corrected chi connectivity index (χ2v) is 37.2. The lowest BCUT2D eigenvalue weighted by atomic mass is 10.0. The number of thioether (sulfide) groups is 3. The van der Waals surface area contributed by atoms with Crippen LogP contribution in [0.15, 0.2) is 48.5 Å². The lowest BCUT2D eigenvalue weighted by molar-refractivity contribution is -0.155. The second-order valence-electron chi connectivity index (χ2n) is 33.4. The molecule has 6 heterocycles. The van der Waals surface area contributed by atoms with Gasteiger partial charge >= 0.3 is 48.1 Å². The van der Waals surface area contributed by atoms with Gasteiger partial charge in [0.15, 0.2) is 0 Å². The third kappa shape index (κ3) is 40.1. The lowest BCUT2D eigenvalue weighted by Crippen LogP contribution is -2.36. The number of esters is 3. The summed E-state index contributed by atoms with van der Waals surface area (Å²) in [5.74, 6) is 1.97. The average Bonchev–Trinajstić information content (AvgIpc) is 1.68. The van der Waals surface area contributed by atoms with E-state index in [1.165, 1.54) is 25.3 Å². The number of ether oxygens (including phenoxy) is 4. The highest BCUT2D eigenvalue weighted by molar-refractivity contribution is 8.00. The number of nitrogens with one attached hydrogen (secondary N) is 8. The molecule has 8 rings (SSSR count). The number of hydrogen-bond donors (Lipinski definition) is 9. The van der Waals surface area contributed by atoms with Crippen LogP contribution in [-0.4, -0.2) is 209 Å². The molecule has 0 saturated carbocycles. The van der Waals surface area contributed by atoms with Crippen LogP contribution in [0.25, 0.3) is 0 Å². The Kier molecular flexibility index (Phi) is 45.4. The van der Waals surface area contributed by atoms with E-state index in [1.807, 2.05) is 125 Å². The Morgan fingerprint density at radius 3 is 1.12 bits per heavy atom. The molecule has 6 aliphatic rings. The Balaban J connectivity index is 0.000000307. The number of rotatable bonds is 53. The molecule has 25 nitrogen and oxygen atoms in total. The molecular formula is C86H140N10O15S3. The monoisotopic (exact) mass is 1650 g/mol. The molecule has 28 heteroatoms. The Bertz CT molecular complexity index is 3220. The summed E-state index contributed by atoms with van der Waals surface area (Å²) in [6.07, 6.45) is 32.7. The Labute approximate surface area is 693 Å². The van der Waals surface area contributed by atoms with E-state index in [-0.39, 0.29) is 90.7 Å². The smallest absolute Gasteiger partial charge is 0.407 e. The van der Waals surface area contributed by atoms with Crippen LogP contribution in [0.3, 0.4) is 0 Å². The molecular weight excluding hydrogens is 1510 g/mol. The van der Waals surface area contributed by atoms with E-state index in [4.69, 9.17) is 24.1 Å². The third-order valence-electron chi connectivity index (χ3n) is 21.3. The molecule has 0 aromatic heterocycles. The highest BCUT2D eigenvalue weighted by Gasteiger charge is 2.45. The maximum absolute atomic E-state index is 12.5. The Morgan fingerprint density at radius 1 is 0.412 bits per heavy atom. The van der Waals surface area contributed by atoms with E-state index in [2.05, 4.69) is 52.3 Å². The third-order valence-corrected chi connectivity index (χ3v) is 25.9. The summed E-state index contributed by atoms with van der Waals surface area (Å²) in [6.45, 7) is 18.5. The maximum atomic E-state index is 12.5. The Morgan fingerprint density at radius 2 is 0.746 bits per heavy atom. The van der Waals surface area contributed by atoms with Gasteiger partial charge in [0.1, 0.15) is 17.0 Å². The fraction of sp³-hybridized carbons (Fsp3) is 0.744. The van der Waals surface area contributed by atoms with Crippen molar-refractivity contribution in [3.8, 4) is 0 Å². The molecule has 9 atom stereocenters. The van der Waals surface area contributed by atoms with Crippen LogP contribution in [0.4, 0.5) is 19.2 Å². The highest BCUT2D eigenvalue weighted by atomic mass is 32.2. The van der Waals surface area contributed by atoms with Gasteiger partial charge in [0, 0.05) is 91.3 Å². The normalized spacial score (nSPS) is 20.4. The number of carboxylic acid groups (broad SMARTS) is 1. The van der Waals surface area contributed by atoms with Crippen molar-refractivity contribution in [1.29, 1.82) is 0 Å². The first-order valence-electron chi connectivity index (χ1n) is 42.8. The number of carbonyl (C=O) groups is 10. The largest absolute Gasteiger partial charge is 0.481 e. The van der Waals surface area contributed by atoms with E-state index in [0.717, 1.165) is 249 Å². The molecule has 6 aliphatic heterocycles. The van der Waals surface area contributed by atoms with Crippen LogP contribution in [0, 0.1) is 0 Å². The van der Waals surface area contributed by atoms with Crippen LogP contribution < -0.4 is 42.5 Å². The van der Waals surface area contributed by atoms with Gasteiger partial charge < -0.3 is 66.6 Å². The lowest BCUT2D eigenvalue weighted by Gasteiger charge is -2.23. The summed E-state index contributed by atoms with van der Waals surface area (Å²) in [5.41, 5.74) is 2.62. The summed E-state index contributed by atoms with van der Waals surface area (Å²) < 4.78 is 20.3. The number of ketones is 1. The van der Waals surface area contributed by atoms with Crippen LogP contribution in [-0.2, 0) is 51.2 Å². The number of aliphatic carboxylic acids is 1. The van der Waals surface area contributed by atoms with Gasteiger partial charge in [-0.3, -0.25) is 29.0 Å². The zero-order valence-electron chi connectivity index (χ0n) is 69.9. The molecule has 642 valence electrons. The number of nitrogens with zero attached hydrogens (tertiary/aromatic N) is 2. The van der Waals surface area contributed by atoms with E-state index in [0.29, 0.717) is 64.9 Å². The van der Waals surface area contributed by atoms with Crippen molar-refractivity contribution in [2.45, 2.75) is 336 Å². The number of carbonyl (C=O) groups excluding carboxylic acids is 9. The molecule has 0 aliphatic carbocycles. The minimum Gasteiger partial charge on any atom is -0.481 e. The van der Waals surface area contributed by atoms with Gasteiger partial charge in [-0.2, -0.15) is 35.3 Å². The number of hydrogen-bond acceptors (Lipinski definition) is 19. The predicted molar refractivity (Wildman–Crippen MR) is 455 cm³/mol. The number of urea groups is 3. The van der Waals surface area contributed by atoms with Crippen LogP contribution in [0.2, 0.25) is 0 Å². The van der Waals surface area contributed by atoms with Crippen LogP contribution in [0.5, 0.6) is 0 Å². The molecule has 8 amide bonds. The number of alkyl carbamates (subject to hydrolysis) is 1. The number of methoxy groups -OCH3 is 2. The van der Waals surface area contributed by atoms with Crippen molar-refractivity contribution in [3.63, 3.8) is 0 Å². The molecule has 0 bridgehead atoms. The molecule has 0 radical (unpaired) electrons. The van der Waals surface area contributed by atoms with Crippen molar-refractivity contribution in [2.75, 3.05) is 70.7 Å². The summed E-state index contributed by atoms with van der Waals surface area (Å²) in [4.78, 5) is 122. The molecule has 6 saturated heterocycles. The van der Waals surface area contributed by atoms with Crippen molar-refractivity contribution in [2.24, 2.45) is 0 Å². The summed E-state index contributed by atoms with van der Waals surface area (Å²) >= 11 is 5.73. The minimum atomic E-state index is -0.729. The SMILES string of the molecule is COC(=O)c1ccc(CN(CCCCCCCNC(=O)CCCCC2SCC3NC(=O)NC32)CCCCCCCC(=O)CCCCC2SCC3NC(=O)NC32)cc1.COC(=O)c1ccc(CN(CCCCCCCNC(=O)OC(C)(C)C)CCCCCCCC(=O)OC(C)(C)C)cc1.O=C(O)CCCCC1SCC2NC(=O)NC21. The fourth-order valence-corrected chi connectivity index (χ4v) is 19.9. The molecule has 2 aromatic carbocycles. The number of carboxylic acids is 1. The van der Waals surface area contributed by atoms with Gasteiger partial charge in [0.25, 0.3) is 0 Å².